The van der Waals surface area contributed by atoms with Crippen LogP contribution in [0.15, 0.2) is 67.0 Å². The largest absolute Gasteiger partial charge is 0.496 e. The molecule has 1 aliphatic carbocycles. The summed E-state index contributed by atoms with van der Waals surface area (Å²) in [6, 6.07) is 18.3. The van der Waals surface area contributed by atoms with Gasteiger partial charge in [-0.15, -0.1) is 0 Å². The van der Waals surface area contributed by atoms with Gasteiger partial charge in [-0.3, -0.25) is 4.98 Å². The first-order chi connectivity index (χ1) is 16.6. The molecule has 1 amide bonds. The minimum atomic E-state index is -1.06. The predicted molar refractivity (Wildman–Crippen MR) is 128 cm³/mol. The van der Waals surface area contributed by atoms with Crippen molar-refractivity contribution in [2.24, 2.45) is 0 Å². The van der Waals surface area contributed by atoms with Crippen molar-refractivity contribution in [2.45, 2.75) is 49.3 Å². The second-order valence-corrected chi connectivity index (χ2v) is 9.61. The Morgan fingerprint density at radius 1 is 1.03 bits per heavy atom. The summed E-state index contributed by atoms with van der Waals surface area (Å²) in [5, 5.41) is 11.6. The molecule has 0 saturated carbocycles. The van der Waals surface area contributed by atoms with Crippen molar-refractivity contribution >= 4 is 6.09 Å². The fourth-order valence-corrected chi connectivity index (χ4v) is 6.32. The molecule has 2 fully saturated rings. The molecule has 3 heterocycles. The van der Waals surface area contributed by atoms with Crippen molar-refractivity contribution < 1.29 is 19.4 Å². The average Bonchev–Trinajstić information content (AvgIpc) is 3.34. The van der Waals surface area contributed by atoms with E-state index in [-0.39, 0.29) is 24.1 Å². The maximum atomic E-state index is 13.3. The van der Waals surface area contributed by atoms with E-state index in [1.54, 1.807) is 25.6 Å². The SMILES string of the molecule is COc1ccncc1C1(O)CC2CCC(C1)N2C(=O)OCC1c2ccccc2-c2ccccc21. The minimum Gasteiger partial charge on any atom is -0.496 e. The Bertz CT molecular complexity index is 1180. The number of hydrogen-bond acceptors (Lipinski definition) is 5. The lowest BCUT2D eigenvalue weighted by molar-refractivity contribution is -0.0544. The van der Waals surface area contributed by atoms with E-state index in [4.69, 9.17) is 9.47 Å². The zero-order valence-corrected chi connectivity index (χ0v) is 19.2. The van der Waals surface area contributed by atoms with Crippen LogP contribution in [0.1, 0.15) is 48.3 Å². The number of rotatable bonds is 4. The van der Waals surface area contributed by atoms with Gasteiger partial charge >= 0.3 is 6.09 Å². The molecule has 34 heavy (non-hydrogen) atoms. The van der Waals surface area contributed by atoms with Crippen molar-refractivity contribution in [1.29, 1.82) is 0 Å². The van der Waals surface area contributed by atoms with Crippen molar-refractivity contribution in [1.82, 2.24) is 9.88 Å². The highest BCUT2D eigenvalue weighted by Crippen LogP contribution is 2.48. The Morgan fingerprint density at radius 2 is 1.65 bits per heavy atom. The van der Waals surface area contributed by atoms with Gasteiger partial charge in [-0.1, -0.05) is 48.5 Å². The van der Waals surface area contributed by atoms with E-state index < -0.39 is 5.60 Å². The number of hydrogen-bond donors (Lipinski definition) is 1. The van der Waals surface area contributed by atoms with Crippen LogP contribution in [0.2, 0.25) is 0 Å². The topological polar surface area (TPSA) is 71.9 Å². The van der Waals surface area contributed by atoms with Gasteiger partial charge in [-0.25, -0.2) is 4.79 Å². The number of carbonyl (C=O) groups excluding carboxylic acids is 1. The summed E-state index contributed by atoms with van der Waals surface area (Å²) >= 11 is 0. The van der Waals surface area contributed by atoms with Crippen LogP contribution in [0.4, 0.5) is 4.79 Å². The molecule has 1 aromatic heterocycles. The Morgan fingerprint density at radius 3 is 2.26 bits per heavy atom. The summed E-state index contributed by atoms with van der Waals surface area (Å²) in [5.41, 5.74) is 4.47. The predicted octanol–water partition coefficient (Wildman–Crippen LogP) is 4.85. The maximum Gasteiger partial charge on any atom is 0.410 e. The summed E-state index contributed by atoms with van der Waals surface area (Å²) < 4.78 is 11.4. The summed E-state index contributed by atoms with van der Waals surface area (Å²) in [5.74, 6) is 0.668. The van der Waals surface area contributed by atoms with E-state index in [0.717, 1.165) is 12.8 Å². The molecule has 2 atom stereocenters. The zero-order valence-electron chi connectivity index (χ0n) is 19.2. The number of nitrogens with zero attached hydrogens (tertiary/aromatic N) is 2. The summed E-state index contributed by atoms with van der Waals surface area (Å²) in [6.07, 6.45) is 5.69. The van der Waals surface area contributed by atoms with Crippen LogP contribution in [0.25, 0.3) is 11.1 Å². The quantitative estimate of drug-likeness (QED) is 0.607. The van der Waals surface area contributed by atoms with Crippen molar-refractivity contribution in [3.63, 3.8) is 0 Å². The van der Waals surface area contributed by atoms with Gasteiger partial charge in [0, 0.05) is 48.8 Å². The number of aliphatic hydroxyl groups is 1. The number of aromatic nitrogens is 1. The molecule has 2 aromatic carbocycles. The molecular formula is C28H28N2O4. The van der Waals surface area contributed by atoms with Gasteiger partial charge in [0.2, 0.25) is 0 Å². The Hall–Kier alpha value is -3.38. The van der Waals surface area contributed by atoms with Crippen LogP contribution in [0.5, 0.6) is 5.75 Å². The third kappa shape index (κ3) is 3.28. The molecule has 3 aromatic rings. The lowest BCUT2D eigenvalue weighted by Gasteiger charge is -2.43. The van der Waals surface area contributed by atoms with Crippen molar-refractivity contribution in [3.05, 3.63) is 83.7 Å². The molecule has 2 bridgehead atoms. The molecule has 0 spiro atoms. The molecule has 6 rings (SSSR count). The maximum absolute atomic E-state index is 13.3. The van der Waals surface area contributed by atoms with Gasteiger partial charge in [-0.05, 0) is 41.2 Å². The number of pyridine rings is 1. The fourth-order valence-electron chi connectivity index (χ4n) is 6.32. The van der Waals surface area contributed by atoms with Gasteiger partial charge in [0.1, 0.15) is 12.4 Å². The zero-order chi connectivity index (χ0) is 23.3. The second kappa shape index (κ2) is 8.13. The molecule has 174 valence electrons. The summed E-state index contributed by atoms with van der Waals surface area (Å²) in [6.45, 7) is 0.309. The van der Waals surface area contributed by atoms with Crippen LogP contribution in [0, 0.1) is 0 Å². The number of fused-ring (bicyclic) bond motifs is 5. The molecule has 6 nitrogen and oxygen atoms in total. The lowest BCUT2D eigenvalue weighted by atomic mass is 9.81. The van der Waals surface area contributed by atoms with E-state index in [0.29, 0.717) is 30.8 Å². The number of benzene rings is 2. The highest BCUT2D eigenvalue weighted by Gasteiger charge is 2.51. The molecule has 6 heteroatoms. The Balaban J connectivity index is 1.19. The Labute approximate surface area is 199 Å². The second-order valence-electron chi connectivity index (χ2n) is 9.61. The standard InChI is InChI=1S/C28H28N2O4/c1-33-26-12-13-29-16-25(26)28(32)14-18-10-11-19(15-28)30(18)27(31)34-17-24-22-8-4-2-6-20(22)21-7-3-5-9-23(21)24/h2-9,12-13,16,18-19,24,32H,10-11,14-15,17H2,1H3. The van der Waals surface area contributed by atoms with Gasteiger partial charge < -0.3 is 19.5 Å². The Kier molecular flexibility index (Phi) is 5.06. The highest BCUT2D eigenvalue weighted by molar-refractivity contribution is 5.79. The normalized spacial score (nSPS) is 25.1. The van der Waals surface area contributed by atoms with Crippen LogP contribution in [-0.2, 0) is 10.3 Å². The lowest BCUT2D eigenvalue weighted by Crippen LogP contribution is -2.52. The summed E-state index contributed by atoms with van der Waals surface area (Å²) in [7, 11) is 1.60. The molecule has 2 saturated heterocycles. The van der Waals surface area contributed by atoms with Crippen LogP contribution in [0.3, 0.4) is 0 Å². The first-order valence-corrected chi connectivity index (χ1v) is 11.9. The van der Waals surface area contributed by atoms with Gasteiger partial charge in [0.15, 0.2) is 0 Å². The monoisotopic (exact) mass is 456 g/mol. The molecule has 2 aliphatic heterocycles. The summed E-state index contributed by atoms with van der Waals surface area (Å²) in [4.78, 5) is 19.4. The van der Waals surface area contributed by atoms with Crippen molar-refractivity contribution in [3.8, 4) is 16.9 Å². The van der Waals surface area contributed by atoms with Crippen LogP contribution < -0.4 is 4.74 Å². The molecular weight excluding hydrogens is 428 g/mol. The van der Waals surface area contributed by atoms with Gasteiger partial charge in [0.25, 0.3) is 0 Å². The van der Waals surface area contributed by atoms with E-state index in [1.807, 2.05) is 29.2 Å². The van der Waals surface area contributed by atoms with Crippen LogP contribution in [-0.4, -0.2) is 46.9 Å². The smallest absolute Gasteiger partial charge is 0.410 e. The van der Waals surface area contributed by atoms with E-state index in [1.165, 1.54) is 22.3 Å². The highest BCUT2D eigenvalue weighted by atomic mass is 16.6. The number of ether oxygens (including phenoxy) is 2. The first kappa shape index (κ1) is 21.2. The average molecular weight is 457 g/mol. The number of methoxy groups -OCH3 is 1. The van der Waals surface area contributed by atoms with Crippen LogP contribution >= 0.6 is 0 Å². The minimum absolute atomic E-state index is 0.0374. The third-order valence-corrected chi connectivity index (χ3v) is 7.82. The molecule has 2 unspecified atom stereocenters. The third-order valence-electron chi connectivity index (χ3n) is 7.82. The van der Waals surface area contributed by atoms with Gasteiger partial charge in [-0.2, -0.15) is 0 Å². The number of piperidine rings is 1. The first-order valence-electron chi connectivity index (χ1n) is 11.9. The van der Waals surface area contributed by atoms with Gasteiger partial charge in [0.05, 0.1) is 12.7 Å². The van der Waals surface area contributed by atoms with E-state index >= 15 is 0 Å². The fraction of sp³-hybridized carbons (Fsp3) is 0.357. The van der Waals surface area contributed by atoms with Crippen molar-refractivity contribution in [2.75, 3.05) is 13.7 Å². The van der Waals surface area contributed by atoms with E-state index in [9.17, 15) is 9.90 Å². The van der Waals surface area contributed by atoms with E-state index in [2.05, 4.69) is 29.2 Å². The number of amides is 1. The molecule has 1 N–H and O–H groups in total. The molecule has 3 aliphatic rings. The molecule has 0 radical (unpaired) electrons. The number of carbonyl (C=O) groups is 1.